The van der Waals surface area contributed by atoms with Crippen molar-refractivity contribution < 1.29 is 23.8 Å². The average molecular weight is 562 g/mol. The van der Waals surface area contributed by atoms with Crippen molar-refractivity contribution >= 4 is 29.2 Å². The number of fused-ring (bicyclic) bond motifs is 1. The van der Waals surface area contributed by atoms with Gasteiger partial charge in [0.25, 0.3) is 5.91 Å². The molecule has 2 amide bonds. The second kappa shape index (κ2) is 12.0. The Morgan fingerprint density at radius 2 is 1.98 bits per heavy atom. The van der Waals surface area contributed by atoms with Crippen molar-refractivity contribution in [2.45, 2.75) is 45.3 Å². The number of aryl methyl sites for hydroxylation is 1. The Kier molecular flexibility index (Phi) is 8.20. The van der Waals surface area contributed by atoms with Crippen LogP contribution in [-0.4, -0.2) is 71.5 Å². The SMILES string of the molecule is CC(C)(C)OC(=O)NCC1CCc2cc(-c3cnc(N)c(C(=O)Nc4cnccc4N4CCOCC4)n3)ccc2O1. The summed E-state index contributed by atoms with van der Waals surface area (Å²) in [7, 11) is 0. The molecule has 0 radical (unpaired) electrons. The molecule has 1 aromatic carbocycles. The number of alkyl carbamates (subject to hydrolysis) is 1. The molecule has 0 aliphatic carbocycles. The fourth-order valence-corrected chi connectivity index (χ4v) is 4.71. The molecular weight excluding hydrogens is 526 g/mol. The molecular formula is C29H35N7O5. The van der Waals surface area contributed by atoms with Crippen LogP contribution in [0.4, 0.5) is 22.0 Å². The van der Waals surface area contributed by atoms with Crippen LogP contribution in [0, 0.1) is 0 Å². The van der Waals surface area contributed by atoms with Gasteiger partial charge < -0.3 is 35.5 Å². The minimum Gasteiger partial charge on any atom is -0.488 e. The van der Waals surface area contributed by atoms with Gasteiger partial charge in [-0.25, -0.2) is 14.8 Å². The van der Waals surface area contributed by atoms with Crippen molar-refractivity contribution in [2.75, 3.05) is 48.8 Å². The summed E-state index contributed by atoms with van der Waals surface area (Å²) in [6, 6.07) is 7.57. The Balaban J connectivity index is 1.27. The predicted molar refractivity (Wildman–Crippen MR) is 154 cm³/mol. The molecule has 3 aromatic rings. The largest absolute Gasteiger partial charge is 0.488 e. The third-order valence-electron chi connectivity index (χ3n) is 6.67. The zero-order chi connectivity index (χ0) is 29.0. The summed E-state index contributed by atoms with van der Waals surface area (Å²) in [5, 5.41) is 5.68. The van der Waals surface area contributed by atoms with Crippen molar-refractivity contribution in [1.82, 2.24) is 20.3 Å². The maximum Gasteiger partial charge on any atom is 0.407 e. The van der Waals surface area contributed by atoms with Gasteiger partial charge in [0, 0.05) is 24.8 Å². The first-order valence-corrected chi connectivity index (χ1v) is 13.6. The number of nitrogen functional groups attached to an aromatic ring is 1. The molecule has 1 atom stereocenters. The lowest BCUT2D eigenvalue weighted by molar-refractivity contribution is 0.0494. The highest BCUT2D eigenvalue weighted by Crippen LogP contribution is 2.32. The summed E-state index contributed by atoms with van der Waals surface area (Å²) in [6.45, 7) is 8.48. The molecule has 12 nitrogen and oxygen atoms in total. The number of benzene rings is 1. The van der Waals surface area contributed by atoms with E-state index < -0.39 is 17.6 Å². The van der Waals surface area contributed by atoms with Crippen molar-refractivity contribution in [3.8, 4) is 17.0 Å². The molecule has 1 saturated heterocycles. The lowest BCUT2D eigenvalue weighted by Crippen LogP contribution is -2.40. The van der Waals surface area contributed by atoms with Gasteiger partial charge in [0.2, 0.25) is 0 Å². The molecule has 2 aromatic heterocycles. The number of ether oxygens (including phenoxy) is 3. The van der Waals surface area contributed by atoms with E-state index in [9.17, 15) is 9.59 Å². The van der Waals surface area contributed by atoms with Gasteiger partial charge in [-0.3, -0.25) is 9.78 Å². The summed E-state index contributed by atoms with van der Waals surface area (Å²) < 4.78 is 16.9. The molecule has 0 saturated carbocycles. The normalized spacial score (nSPS) is 16.8. The van der Waals surface area contributed by atoms with Gasteiger partial charge in [0.1, 0.15) is 17.5 Å². The topological polar surface area (TPSA) is 154 Å². The third kappa shape index (κ3) is 7.01. The second-order valence-electron chi connectivity index (χ2n) is 10.9. The molecule has 0 bridgehead atoms. The molecule has 1 unspecified atom stereocenters. The van der Waals surface area contributed by atoms with E-state index in [2.05, 4.69) is 30.5 Å². The van der Waals surface area contributed by atoms with E-state index in [-0.39, 0.29) is 17.6 Å². The summed E-state index contributed by atoms with van der Waals surface area (Å²) in [4.78, 5) is 40.4. The molecule has 5 rings (SSSR count). The number of anilines is 3. The average Bonchev–Trinajstić information content (AvgIpc) is 2.96. The van der Waals surface area contributed by atoms with Gasteiger partial charge in [-0.15, -0.1) is 0 Å². The Labute approximate surface area is 238 Å². The van der Waals surface area contributed by atoms with Crippen molar-refractivity contribution in [1.29, 1.82) is 0 Å². The highest BCUT2D eigenvalue weighted by atomic mass is 16.6. The van der Waals surface area contributed by atoms with E-state index in [4.69, 9.17) is 19.9 Å². The van der Waals surface area contributed by atoms with Gasteiger partial charge in [0.15, 0.2) is 11.5 Å². The lowest BCUT2D eigenvalue weighted by Gasteiger charge is -2.30. The van der Waals surface area contributed by atoms with Crippen LogP contribution in [-0.2, 0) is 15.9 Å². The van der Waals surface area contributed by atoms with Crippen LogP contribution in [0.2, 0.25) is 0 Å². The number of amides is 2. The molecule has 0 spiro atoms. The Bertz CT molecular complexity index is 1420. The van der Waals surface area contributed by atoms with Crippen molar-refractivity contribution in [3.63, 3.8) is 0 Å². The van der Waals surface area contributed by atoms with E-state index in [1.54, 1.807) is 18.6 Å². The van der Waals surface area contributed by atoms with E-state index in [1.165, 1.54) is 0 Å². The highest BCUT2D eigenvalue weighted by molar-refractivity contribution is 6.07. The maximum absolute atomic E-state index is 13.3. The fourth-order valence-electron chi connectivity index (χ4n) is 4.71. The van der Waals surface area contributed by atoms with Crippen molar-refractivity contribution in [3.05, 3.63) is 54.1 Å². The van der Waals surface area contributed by atoms with Crippen LogP contribution < -0.4 is 26.0 Å². The van der Waals surface area contributed by atoms with Crippen LogP contribution in [0.15, 0.2) is 42.9 Å². The van der Waals surface area contributed by atoms with Crippen molar-refractivity contribution in [2.24, 2.45) is 0 Å². The number of nitrogens with two attached hydrogens (primary N) is 1. The zero-order valence-electron chi connectivity index (χ0n) is 23.5. The van der Waals surface area contributed by atoms with E-state index in [0.717, 1.165) is 35.4 Å². The number of nitrogens with zero attached hydrogens (tertiary/aromatic N) is 4. The summed E-state index contributed by atoms with van der Waals surface area (Å²) in [5.41, 5.74) is 9.27. The monoisotopic (exact) mass is 561 g/mol. The first-order chi connectivity index (χ1) is 19.7. The summed E-state index contributed by atoms with van der Waals surface area (Å²) in [6.07, 6.45) is 5.70. The molecule has 2 aliphatic rings. The van der Waals surface area contributed by atoms with Gasteiger partial charge >= 0.3 is 6.09 Å². The molecule has 4 N–H and O–H groups in total. The number of pyridine rings is 1. The van der Waals surface area contributed by atoms with E-state index >= 15 is 0 Å². The first kappa shape index (κ1) is 28.1. The number of aromatic nitrogens is 3. The van der Waals surface area contributed by atoms with Crippen LogP contribution in [0.25, 0.3) is 11.3 Å². The molecule has 216 valence electrons. The third-order valence-corrected chi connectivity index (χ3v) is 6.67. The van der Waals surface area contributed by atoms with E-state index in [0.29, 0.717) is 44.2 Å². The molecule has 2 aliphatic heterocycles. The molecule has 41 heavy (non-hydrogen) atoms. The van der Waals surface area contributed by atoms with Gasteiger partial charge in [-0.05, 0) is 63.4 Å². The van der Waals surface area contributed by atoms with Crippen LogP contribution in [0.1, 0.15) is 43.2 Å². The number of hydrogen-bond donors (Lipinski definition) is 3. The number of carbonyl (C=O) groups is 2. The number of rotatable bonds is 6. The molecule has 12 heteroatoms. The lowest BCUT2D eigenvalue weighted by atomic mass is 9.99. The molecule has 4 heterocycles. The summed E-state index contributed by atoms with van der Waals surface area (Å²) in [5.74, 6) is 0.301. The first-order valence-electron chi connectivity index (χ1n) is 13.6. The number of carbonyl (C=O) groups excluding carboxylic acids is 2. The second-order valence-corrected chi connectivity index (χ2v) is 10.9. The Morgan fingerprint density at radius 1 is 1.17 bits per heavy atom. The Hall–Kier alpha value is -4.45. The number of hydrogen-bond acceptors (Lipinski definition) is 10. The highest BCUT2D eigenvalue weighted by Gasteiger charge is 2.24. The van der Waals surface area contributed by atoms with Gasteiger partial charge in [-0.1, -0.05) is 0 Å². The number of nitrogens with one attached hydrogen (secondary N) is 2. The standard InChI is InChI=1S/C29H35N7O5/c1-29(2,3)41-28(38)33-15-20-6-4-19-14-18(5-7-24(19)40-20)21-17-32-26(30)25(34-21)27(37)35-22-16-31-9-8-23(22)36-10-12-39-13-11-36/h5,7-9,14,16-17,20H,4,6,10-13,15H2,1-3H3,(H2,30,32)(H,33,38)(H,35,37). The smallest absolute Gasteiger partial charge is 0.407 e. The maximum atomic E-state index is 13.3. The summed E-state index contributed by atoms with van der Waals surface area (Å²) >= 11 is 0. The molecule has 1 fully saturated rings. The Morgan fingerprint density at radius 3 is 2.76 bits per heavy atom. The van der Waals surface area contributed by atoms with E-state index in [1.807, 2.05) is 45.0 Å². The predicted octanol–water partition coefficient (Wildman–Crippen LogP) is 3.43. The fraction of sp³-hybridized carbons (Fsp3) is 0.414. The van der Waals surface area contributed by atoms with Crippen LogP contribution in [0.5, 0.6) is 5.75 Å². The zero-order valence-corrected chi connectivity index (χ0v) is 23.5. The van der Waals surface area contributed by atoms with Crippen LogP contribution >= 0.6 is 0 Å². The van der Waals surface area contributed by atoms with Gasteiger partial charge in [-0.2, -0.15) is 0 Å². The quantitative estimate of drug-likeness (QED) is 0.408. The van der Waals surface area contributed by atoms with Gasteiger partial charge in [0.05, 0.1) is 49.2 Å². The minimum absolute atomic E-state index is 0.0292. The minimum atomic E-state index is -0.559. The van der Waals surface area contributed by atoms with Crippen LogP contribution in [0.3, 0.4) is 0 Å². The number of morpholine rings is 1.